The number of hydrogen-bond donors (Lipinski definition) is 2. The zero-order valence-electron chi connectivity index (χ0n) is 14.7. The Kier molecular flexibility index (Phi) is 3.67. The van der Waals surface area contributed by atoms with Crippen molar-refractivity contribution in [3.05, 3.63) is 48.4 Å². The number of nitrogens with zero attached hydrogens (tertiary/aromatic N) is 4. The normalized spacial score (nSPS) is 28.9. The monoisotopic (exact) mass is 349 g/mol. The number of aromatic nitrogens is 4. The second-order valence-electron chi connectivity index (χ2n) is 7.52. The Bertz CT molecular complexity index is 911. The third-order valence-corrected chi connectivity index (χ3v) is 6.25. The van der Waals surface area contributed by atoms with Gasteiger partial charge < -0.3 is 10.0 Å². The maximum absolute atomic E-state index is 11.7. The largest absolute Gasteiger partial charge is 0.385 e. The fourth-order valence-corrected chi connectivity index (χ4v) is 5.01. The first kappa shape index (κ1) is 15.8. The fourth-order valence-electron chi connectivity index (χ4n) is 5.01. The number of aromatic amines is 1. The molecule has 0 radical (unpaired) electrons. The summed E-state index contributed by atoms with van der Waals surface area (Å²) in [6.07, 6.45) is 8.63. The predicted molar refractivity (Wildman–Crippen MR) is 99.7 cm³/mol. The molecule has 1 aliphatic heterocycles. The molecule has 26 heavy (non-hydrogen) atoms. The second-order valence-corrected chi connectivity index (χ2v) is 7.52. The first-order valence-corrected chi connectivity index (χ1v) is 9.46. The zero-order chi connectivity index (χ0) is 17.6. The smallest absolute Gasteiger partial charge is 0.160 e. The second kappa shape index (κ2) is 6.06. The number of H-pyrrole nitrogens is 1. The van der Waals surface area contributed by atoms with Gasteiger partial charge in [-0.1, -0.05) is 43.2 Å². The zero-order valence-corrected chi connectivity index (χ0v) is 14.7. The molecule has 0 amide bonds. The van der Waals surface area contributed by atoms with Gasteiger partial charge in [-0.05, 0) is 24.8 Å². The molecule has 1 saturated carbocycles. The van der Waals surface area contributed by atoms with Crippen LogP contribution < -0.4 is 4.90 Å². The summed E-state index contributed by atoms with van der Waals surface area (Å²) in [4.78, 5) is 11.2. The van der Waals surface area contributed by atoms with E-state index in [2.05, 4.69) is 37.2 Å². The average molecular weight is 349 g/mol. The van der Waals surface area contributed by atoms with Gasteiger partial charge in [0.2, 0.25) is 0 Å². The van der Waals surface area contributed by atoms with Crippen molar-refractivity contribution in [2.75, 3.05) is 11.4 Å². The van der Waals surface area contributed by atoms with Gasteiger partial charge in [-0.15, -0.1) is 0 Å². The molecule has 0 spiro atoms. The summed E-state index contributed by atoms with van der Waals surface area (Å²) in [6.45, 7) is 0.782. The van der Waals surface area contributed by atoms with Crippen molar-refractivity contribution in [3.63, 3.8) is 0 Å². The summed E-state index contributed by atoms with van der Waals surface area (Å²) in [5, 5.41) is 19.7. The number of anilines is 1. The summed E-state index contributed by atoms with van der Waals surface area (Å²) in [7, 11) is 0. The van der Waals surface area contributed by atoms with Gasteiger partial charge in [-0.3, -0.25) is 5.10 Å². The van der Waals surface area contributed by atoms with Crippen molar-refractivity contribution in [3.8, 4) is 0 Å². The Morgan fingerprint density at radius 3 is 2.85 bits per heavy atom. The quantitative estimate of drug-likeness (QED) is 0.744. The van der Waals surface area contributed by atoms with Crippen molar-refractivity contribution in [2.45, 2.75) is 43.7 Å². The lowest BCUT2D eigenvalue weighted by atomic mass is 9.66. The maximum Gasteiger partial charge on any atom is 0.160 e. The maximum atomic E-state index is 11.7. The molecular formula is C20H23N5O. The van der Waals surface area contributed by atoms with E-state index >= 15 is 0 Å². The van der Waals surface area contributed by atoms with Gasteiger partial charge in [0.25, 0.3) is 0 Å². The van der Waals surface area contributed by atoms with Gasteiger partial charge in [0.1, 0.15) is 12.1 Å². The Balaban J connectivity index is 1.56. The molecule has 0 bridgehead atoms. The number of piperidine rings is 1. The average Bonchev–Trinajstić information content (AvgIpc) is 3.18. The molecule has 1 aromatic carbocycles. The van der Waals surface area contributed by atoms with E-state index in [-0.39, 0.29) is 12.0 Å². The van der Waals surface area contributed by atoms with Crippen LogP contribution in [0.25, 0.3) is 11.0 Å². The lowest BCUT2D eigenvalue weighted by Gasteiger charge is -2.53. The van der Waals surface area contributed by atoms with Crippen molar-refractivity contribution >= 4 is 16.9 Å². The van der Waals surface area contributed by atoms with E-state index in [1.54, 1.807) is 12.5 Å². The fraction of sp³-hybridized carbons (Fsp3) is 0.450. The van der Waals surface area contributed by atoms with Crippen LogP contribution in [0.2, 0.25) is 0 Å². The SMILES string of the molecule is O[C@@]1(c2ccccc2)CCN(c2ncnc3[nH]ncc23)[C@@H]2CCCC[C@@H]21. The van der Waals surface area contributed by atoms with E-state index in [0.717, 1.165) is 41.8 Å². The molecule has 3 heterocycles. The molecule has 5 rings (SSSR count). The predicted octanol–water partition coefficient (Wildman–Crippen LogP) is 3.01. The van der Waals surface area contributed by atoms with Gasteiger partial charge in [0.05, 0.1) is 17.2 Å². The van der Waals surface area contributed by atoms with Crippen LogP contribution >= 0.6 is 0 Å². The number of nitrogens with one attached hydrogen (secondary N) is 1. The highest BCUT2D eigenvalue weighted by molar-refractivity contribution is 5.86. The van der Waals surface area contributed by atoms with Crippen LogP contribution in [-0.2, 0) is 5.60 Å². The van der Waals surface area contributed by atoms with E-state index in [1.807, 2.05) is 18.2 Å². The van der Waals surface area contributed by atoms with Gasteiger partial charge >= 0.3 is 0 Å². The molecule has 2 fully saturated rings. The van der Waals surface area contributed by atoms with Gasteiger partial charge in [0, 0.05) is 18.5 Å². The van der Waals surface area contributed by atoms with E-state index in [0.29, 0.717) is 6.42 Å². The Morgan fingerprint density at radius 1 is 1.12 bits per heavy atom. The van der Waals surface area contributed by atoms with Crippen LogP contribution in [0.1, 0.15) is 37.7 Å². The highest BCUT2D eigenvalue weighted by Gasteiger charge is 2.49. The number of rotatable bonds is 2. The van der Waals surface area contributed by atoms with Crippen LogP contribution in [0.4, 0.5) is 5.82 Å². The van der Waals surface area contributed by atoms with E-state index in [9.17, 15) is 5.11 Å². The first-order valence-electron chi connectivity index (χ1n) is 9.46. The summed E-state index contributed by atoms with van der Waals surface area (Å²) < 4.78 is 0. The van der Waals surface area contributed by atoms with Gasteiger partial charge in [0.15, 0.2) is 5.65 Å². The topological polar surface area (TPSA) is 77.9 Å². The summed E-state index contributed by atoms with van der Waals surface area (Å²) in [5.74, 6) is 1.15. The molecule has 3 atom stereocenters. The molecule has 1 saturated heterocycles. The van der Waals surface area contributed by atoms with E-state index < -0.39 is 5.60 Å². The van der Waals surface area contributed by atoms with Crippen LogP contribution in [-0.4, -0.2) is 37.9 Å². The number of hydrogen-bond acceptors (Lipinski definition) is 5. The first-order chi connectivity index (χ1) is 12.8. The Morgan fingerprint density at radius 2 is 1.96 bits per heavy atom. The molecule has 6 heteroatoms. The molecule has 0 unspecified atom stereocenters. The summed E-state index contributed by atoms with van der Waals surface area (Å²) in [5.41, 5.74) is 1.06. The van der Waals surface area contributed by atoms with Crippen LogP contribution in [0.5, 0.6) is 0 Å². The molecule has 2 N–H and O–H groups in total. The third-order valence-electron chi connectivity index (χ3n) is 6.25. The van der Waals surface area contributed by atoms with Gasteiger partial charge in [-0.25, -0.2) is 9.97 Å². The van der Waals surface area contributed by atoms with Crippen LogP contribution in [0, 0.1) is 5.92 Å². The Labute approximate surface area is 152 Å². The third kappa shape index (κ3) is 2.32. The molecule has 6 nitrogen and oxygen atoms in total. The van der Waals surface area contributed by atoms with E-state index in [1.165, 1.54) is 12.8 Å². The minimum absolute atomic E-state index is 0.212. The molecular weight excluding hydrogens is 326 g/mol. The minimum Gasteiger partial charge on any atom is -0.385 e. The number of fused-ring (bicyclic) bond motifs is 2. The summed E-state index contributed by atoms with van der Waals surface area (Å²) in [6, 6.07) is 10.5. The lowest BCUT2D eigenvalue weighted by Crippen LogP contribution is -2.57. The van der Waals surface area contributed by atoms with Crippen LogP contribution in [0.15, 0.2) is 42.9 Å². The lowest BCUT2D eigenvalue weighted by molar-refractivity contribution is -0.0690. The molecule has 2 aliphatic rings. The highest BCUT2D eigenvalue weighted by Crippen LogP contribution is 2.48. The number of benzene rings is 1. The van der Waals surface area contributed by atoms with Crippen molar-refractivity contribution < 1.29 is 5.11 Å². The van der Waals surface area contributed by atoms with Crippen molar-refractivity contribution in [2.24, 2.45) is 5.92 Å². The summed E-state index contributed by atoms with van der Waals surface area (Å²) >= 11 is 0. The molecule has 2 aromatic heterocycles. The molecule has 134 valence electrons. The molecule has 3 aromatic rings. The van der Waals surface area contributed by atoms with Crippen molar-refractivity contribution in [1.29, 1.82) is 0 Å². The van der Waals surface area contributed by atoms with Gasteiger partial charge in [-0.2, -0.15) is 5.10 Å². The minimum atomic E-state index is -0.759. The standard InChI is InChI=1S/C20H23N5O/c26-20(14-6-2-1-3-7-14)10-11-25(17-9-5-4-8-16(17)20)19-15-12-23-24-18(15)21-13-22-19/h1-3,6-7,12-13,16-17,26H,4-5,8-11H2,(H,21,22,23,24)/t16-,17+,20+/m0/s1. The Hall–Kier alpha value is -2.47. The van der Waals surface area contributed by atoms with Crippen LogP contribution in [0.3, 0.4) is 0 Å². The van der Waals surface area contributed by atoms with Crippen molar-refractivity contribution in [1.82, 2.24) is 20.2 Å². The van der Waals surface area contributed by atoms with E-state index in [4.69, 9.17) is 0 Å². The molecule has 1 aliphatic carbocycles. The number of aliphatic hydroxyl groups is 1. The highest BCUT2D eigenvalue weighted by atomic mass is 16.3.